The summed E-state index contributed by atoms with van der Waals surface area (Å²) in [6.45, 7) is 6.85. The molecule has 0 spiro atoms. The number of anilines is 2. The van der Waals surface area contributed by atoms with Crippen molar-refractivity contribution in [3.8, 4) is 5.75 Å². The van der Waals surface area contributed by atoms with Crippen LogP contribution in [0.15, 0.2) is 42.6 Å². The minimum absolute atomic E-state index is 0.0488. The number of imide groups is 1. The second-order valence-corrected chi connectivity index (χ2v) is 9.79. The van der Waals surface area contributed by atoms with Gasteiger partial charge >= 0.3 is 12.4 Å². The first-order chi connectivity index (χ1) is 17.8. The number of pyridine rings is 1. The highest BCUT2D eigenvalue weighted by Gasteiger charge is 2.51. The number of alkyl halides is 3. The fraction of sp³-hybridized carbons (Fsp3) is 0.440. The number of nitrogens with one attached hydrogen (secondary N) is 1. The Kier molecular flexibility index (Phi) is 7.61. The number of amides is 4. The van der Waals surface area contributed by atoms with Crippen LogP contribution in [-0.4, -0.2) is 89.2 Å². The van der Waals surface area contributed by atoms with Crippen molar-refractivity contribution in [1.29, 1.82) is 0 Å². The summed E-state index contributed by atoms with van der Waals surface area (Å²) in [6.07, 6.45) is -3.35. The van der Waals surface area contributed by atoms with Crippen LogP contribution in [-0.2, 0) is 16.1 Å². The predicted octanol–water partition coefficient (Wildman–Crippen LogP) is 2.91. The molecule has 1 N–H and O–H groups in total. The number of halogens is 3. The first-order valence-corrected chi connectivity index (χ1v) is 12.0. The molecule has 0 bridgehead atoms. The minimum atomic E-state index is -4.85. The van der Waals surface area contributed by atoms with Gasteiger partial charge in [0, 0.05) is 38.9 Å². The molecular formula is C25H29F3N6O4. The van der Waals surface area contributed by atoms with Gasteiger partial charge in [0.15, 0.2) is 0 Å². The maximum absolute atomic E-state index is 13.3. The summed E-state index contributed by atoms with van der Waals surface area (Å²) in [5.74, 6) is -0.859. The third-order valence-corrected chi connectivity index (χ3v) is 6.55. The van der Waals surface area contributed by atoms with Crippen molar-refractivity contribution in [2.24, 2.45) is 0 Å². The number of nitrogens with zero attached hydrogens (tertiary/aromatic N) is 5. The smallest absolute Gasteiger partial charge is 0.406 e. The van der Waals surface area contributed by atoms with Crippen molar-refractivity contribution >= 4 is 29.4 Å². The van der Waals surface area contributed by atoms with E-state index >= 15 is 0 Å². The van der Waals surface area contributed by atoms with Crippen molar-refractivity contribution in [2.75, 3.05) is 50.0 Å². The van der Waals surface area contributed by atoms with E-state index in [0.29, 0.717) is 11.4 Å². The van der Waals surface area contributed by atoms with E-state index in [1.165, 1.54) is 23.2 Å². The van der Waals surface area contributed by atoms with Gasteiger partial charge in [0.05, 0.1) is 12.2 Å². The molecule has 4 rings (SSSR count). The van der Waals surface area contributed by atoms with Gasteiger partial charge in [0.25, 0.3) is 5.91 Å². The van der Waals surface area contributed by atoms with Crippen LogP contribution in [0.1, 0.15) is 19.4 Å². The van der Waals surface area contributed by atoms with Gasteiger partial charge in [-0.3, -0.25) is 14.5 Å². The number of hydrogen-bond acceptors (Lipinski definition) is 7. The number of carbonyl (C=O) groups is 3. The first-order valence-electron chi connectivity index (χ1n) is 12.0. The molecule has 0 unspecified atom stereocenters. The van der Waals surface area contributed by atoms with E-state index in [2.05, 4.69) is 24.8 Å². The molecule has 2 aliphatic rings. The summed E-state index contributed by atoms with van der Waals surface area (Å²) in [5.41, 5.74) is -0.469. The Morgan fingerprint density at radius 3 is 2.37 bits per heavy atom. The molecule has 2 aromatic rings. The Morgan fingerprint density at radius 2 is 1.74 bits per heavy atom. The molecule has 38 heavy (non-hydrogen) atoms. The Hall–Kier alpha value is -3.71. The lowest BCUT2D eigenvalue weighted by Gasteiger charge is -2.31. The quantitative estimate of drug-likeness (QED) is 0.546. The van der Waals surface area contributed by atoms with Crippen molar-refractivity contribution in [1.82, 2.24) is 19.7 Å². The Bertz CT molecular complexity index is 1200. The van der Waals surface area contributed by atoms with Crippen LogP contribution in [0.3, 0.4) is 0 Å². The van der Waals surface area contributed by atoms with E-state index in [9.17, 15) is 27.6 Å². The van der Waals surface area contributed by atoms with Crippen LogP contribution in [0.25, 0.3) is 0 Å². The van der Waals surface area contributed by atoms with Crippen LogP contribution in [0, 0.1) is 0 Å². The summed E-state index contributed by atoms with van der Waals surface area (Å²) in [7, 11) is 2.04. The second-order valence-electron chi connectivity index (χ2n) is 9.79. The minimum Gasteiger partial charge on any atom is -0.406 e. The van der Waals surface area contributed by atoms with E-state index < -0.39 is 29.6 Å². The van der Waals surface area contributed by atoms with Crippen LogP contribution in [0.2, 0.25) is 0 Å². The Balaban J connectivity index is 1.43. The molecule has 1 aromatic heterocycles. The number of ether oxygens (including phenoxy) is 1. The van der Waals surface area contributed by atoms with Crippen molar-refractivity contribution in [3.63, 3.8) is 0 Å². The predicted molar refractivity (Wildman–Crippen MR) is 132 cm³/mol. The Labute approximate surface area is 217 Å². The van der Waals surface area contributed by atoms with Gasteiger partial charge in [-0.1, -0.05) is 0 Å². The standard InChI is InChI=1S/C25H29F3N6O4/c1-24(2)22(36)34(18-4-6-19(7-5-18)38-25(26,27)28)23(37)33(24)15-17-8-9-29-20(14-17)30-21(35)16-32-12-10-31(3)11-13-32/h4-9,14H,10-13,15-16H2,1-3H3,(H,29,30,35). The maximum atomic E-state index is 13.3. The molecule has 13 heteroatoms. The molecule has 0 aliphatic carbocycles. The molecule has 0 radical (unpaired) electrons. The normalized spacial score (nSPS) is 18.7. The van der Waals surface area contributed by atoms with Crippen molar-refractivity contribution < 1.29 is 32.3 Å². The maximum Gasteiger partial charge on any atom is 0.573 e. The molecule has 1 aromatic carbocycles. The summed E-state index contributed by atoms with van der Waals surface area (Å²) < 4.78 is 41.3. The molecular weight excluding hydrogens is 505 g/mol. The van der Waals surface area contributed by atoms with E-state index in [-0.39, 0.29) is 24.7 Å². The molecule has 4 amide bonds. The molecule has 2 saturated heterocycles. The number of urea groups is 1. The average Bonchev–Trinajstić information content (AvgIpc) is 3.00. The molecule has 2 aliphatic heterocycles. The lowest BCUT2D eigenvalue weighted by Crippen LogP contribution is -2.47. The number of aromatic nitrogens is 1. The summed E-state index contributed by atoms with van der Waals surface area (Å²) in [6, 6.07) is 7.21. The van der Waals surface area contributed by atoms with Crippen molar-refractivity contribution in [2.45, 2.75) is 32.3 Å². The van der Waals surface area contributed by atoms with Gasteiger partial charge in [-0.25, -0.2) is 14.7 Å². The average molecular weight is 535 g/mol. The van der Waals surface area contributed by atoms with Gasteiger partial charge < -0.3 is 19.9 Å². The second kappa shape index (κ2) is 10.6. The zero-order valence-electron chi connectivity index (χ0n) is 21.3. The number of hydrogen-bond donors (Lipinski definition) is 1. The van der Waals surface area contributed by atoms with Gasteiger partial charge in [-0.15, -0.1) is 13.2 Å². The van der Waals surface area contributed by atoms with E-state index in [1.54, 1.807) is 26.0 Å². The largest absolute Gasteiger partial charge is 0.573 e. The summed E-state index contributed by atoms with van der Waals surface area (Å²) in [4.78, 5) is 49.7. The van der Waals surface area contributed by atoms with Gasteiger partial charge in [0.2, 0.25) is 5.91 Å². The topological polar surface area (TPSA) is 98.3 Å². The first kappa shape index (κ1) is 27.3. The van der Waals surface area contributed by atoms with Gasteiger partial charge in [-0.05, 0) is 62.9 Å². The lowest BCUT2D eigenvalue weighted by molar-refractivity contribution is -0.274. The number of rotatable bonds is 7. The molecule has 2 fully saturated rings. The molecule has 0 atom stereocenters. The zero-order valence-corrected chi connectivity index (χ0v) is 21.3. The summed E-state index contributed by atoms with van der Waals surface area (Å²) in [5, 5.41) is 2.78. The third-order valence-electron chi connectivity index (χ3n) is 6.55. The molecule has 3 heterocycles. The lowest BCUT2D eigenvalue weighted by atomic mass is 10.0. The fourth-order valence-electron chi connectivity index (χ4n) is 4.34. The van der Waals surface area contributed by atoms with E-state index in [0.717, 1.165) is 43.2 Å². The number of carbonyl (C=O) groups excluding carboxylic acids is 3. The van der Waals surface area contributed by atoms with Crippen LogP contribution < -0.4 is 15.0 Å². The number of benzene rings is 1. The highest BCUT2D eigenvalue weighted by Crippen LogP contribution is 2.34. The molecule has 0 saturated carbocycles. The van der Waals surface area contributed by atoms with Crippen LogP contribution in [0.5, 0.6) is 5.75 Å². The highest BCUT2D eigenvalue weighted by atomic mass is 19.4. The number of likely N-dealkylation sites (N-methyl/N-ethyl adjacent to an activating group) is 1. The Morgan fingerprint density at radius 1 is 1.08 bits per heavy atom. The van der Waals surface area contributed by atoms with E-state index in [4.69, 9.17) is 0 Å². The zero-order chi connectivity index (χ0) is 27.7. The fourth-order valence-corrected chi connectivity index (χ4v) is 4.34. The highest BCUT2D eigenvalue weighted by molar-refractivity contribution is 6.22. The van der Waals surface area contributed by atoms with E-state index in [1.807, 2.05) is 7.05 Å². The van der Waals surface area contributed by atoms with Gasteiger partial charge in [0.1, 0.15) is 17.1 Å². The monoisotopic (exact) mass is 534 g/mol. The van der Waals surface area contributed by atoms with Crippen LogP contribution >= 0.6 is 0 Å². The summed E-state index contributed by atoms with van der Waals surface area (Å²) >= 11 is 0. The number of piperazine rings is 1. The van der Waals surface area contributed by atoms with Crippen LogP contribution in [0.4, 0.5) is 29.5 Å². The van der Waals surface area contributed by atoms with Gasteiger partial charge in [-0.2, -0.15) is 0 Å². The van der Waals surface area contributed by atoms with Crippen molar-refractivity contribution in [3.05, 3.63) is 48.2 Å². The third kappa shape index (κ3) is 6.22. The molecule has 10 nitrogen and oxygen atoms in total. The SMILES string of the molecule is CN1CCN(CC(=O)Nc2cc(CN3C(=O)N(c4ccc(OC(F)(F)F)cc4)C(=O)C3(C)C)ccn2)CC1. The molecule has 204 valence electrons.